The molecule has 3 nitrogen and oxygen atoms in total. The molecule has 0 aromatic carbocycles. The Morgan fingerprint density at radius 2 is 1.64 bits per heavy atom. The summed E-state index contributed by atoms with van der Waals surface area (Å²) in [4.78, 5) is 0. The maximum absolute atomic E-state index is 8.60. The molecule has 0 N–H and O–H groups in total. The van der Waals surface area contributed by atoms with Crippen molar-refractivity contribution in [3.63, 3.8) is 0 Å². The second kappa shape index (κ2) is 3.56. The first-order valence-corrected chi connectivity index (χ1v) is 5.03. The molecule has 0 radical (unpaired) electrons. The number of nitrogens with zero attached hydrogens (tertiary/aromatic N) is 1. The van der Waals surface area contributed by atoms with Crippen LogP contribution in [0.4, 0.5) is 0 Å². The number of hydrogen-bond donors (Lipinski definition) is 0. The Morgan fingerprint density at radius 1 is 1.21 bits per heavy atom. The van der Waals surface area contributed by atoms with Crippen molar-refractivity contribution in [1.82, 2.24) is 0 Å². The topological polar surface area (TPSA) is 42.2 Å². The van der Waals surface area contributed by atoms with Gasteiger partial charge in [-0.05, 0) is 27.7 Å². The molecule has 1 rings (SSSR count). The Balaban J connectivity index is 2.69. The normalized spacial score (nSPS) is 25.9. The van der Waals surface area contributed by atoms with Gasteiger partial charge >= 0.3 is 7.12 Å². The first-order valence-electron chi connectivity index (χ1n) is 5.03. The highest BCUT2D eigenvalue weighted by atomic mass is 16.7. The molecular weight excluding hydrogens is 177 g/mol. The van der Waals surface area contributed by atoms with Crippen LogP contribution in [0, 0.1) is 11.3 Å². The minimum Gasteiger partial charge on any atom is -0.403 e. The summed E-state index contributed by atoms with van der Waals surface area (Å²) in [6.07, 6.45) is 0.469. The second-order valence-corrected chi connectivity index (χ2v) is 4.96. The van der Waals surface area contributed by atoms with Crippen LogP contribution in [0.25, 0.3) is 0 Å². The molecule has 0 amide bonds. The van der Waals surface area contributed by atoms with Gasteiger partial charge in [0.25, 0.3) is 0 Å². The monoisotopic (exact) mass is 195 g/mol. The van der Waals surface area contributed by atoms with Crippen LogP contribution in [0.2, 0.25) is 5.82 Å². The molecule has 1 fully saturated rings. The van der Waals surface area contributed by atoms with Gasteiger partial charge in [-0.15, -0.1) is 0 Å². The summed E-state index contributed by atoms with van der Waals surface area (Å²) in [6, 6.07) is 2.14. The van der Waals surface area contributed by atoms with Crippen LogP contribution >= 0.6 is 0 Å². The third-order valence-electron chi connectivity index (χ3n) is 3.15. The van der Waals surface area contributed by atoms with Gasteiger partial charge in [-0.1, -0.05) is 6.92 Å². The maximum atomic E-state index is 8.60. The highest BCUT2D eigenvalue weighted by molar-refractivity contribution is 6.47. The molecule has 0 aromatic rings. The first kappa shape index (κ1) is 11.5. The molecule has 0 spiro atoms. The lowest BCUT2D eigenvalue weighted by Gasteiger charge is -2.32. The van der Waals surface area contributed by atoms with Gasteiger partial charge in [0.05, 0.1) is 17.3 Å². The third-order valence-corrected chi connectivity index (χ3v) is 3.15. The van der Waals surface area contributed by atoms with Crippen LogP contribution in [0.15, 0.2) is 0 Å². The molecule has 0 saturated carbocycles. The van der Waals surface area contributed by atoms with E-state index in [1.165, 1.54) is 0 Å². The predicted molar refractivity (Wildman–Crippen MR) is 55.7 cm³/mol. The van der Waals surface area contributed by atoms with Gasteiger partial charge in [-0.2, -0.15) is 5.26 Å². The Kier molecular flexibility index (Phi) is 2.94. The van der Waals surface area contributed by atoms with E-state index in [9.17, 15) is 0 Å². The predicted octanol–water partition coefficient (Wildman–Crippen LogP) is 2.38. The van der Waals surface area contributed by atoms with E-state index in [2.05, 4.69) is 6.07 Å². The smallest absolute Gasteiger partial charge is 0.403 e. The summed E-state index contributed by atoms with van der Waals surface area (Å²) < 4.78 is 11.6. The van der Waals surface area contributed by atoms with Crippen molar-refractivity contribution in [2.24, 2.45) is 0 Å². The van der Waals surface area contributed by atoms with Crippen LogP contribution in [0.3, 0.4) is 0 Å². The number of hydrogen-bond acceptors (Lipinski definition) is 3. The molecule has 1 aliphatic heterocycles. The summed E-state index contributed by atoms with van der Waals surface area (Å²) in [5.74, 6) is 0.126. The van der Waals surface area contributed by atoms with E-state index >= 15 is 0 Å². The van der Waals surface area contributed by atoms with Crippen LogP contribution < -0.4 is 0 Å². The van der Waals surface area contributed by atoms with Crippen LogP contribution in [-0.4, -0.2) is 18.3 Å². The van der Waals surface area contributed by atoms with Crippen molar-refractivity contribution in [2.45, 2.75) is 58.1 Å². The highest BCUT2D eigenvalue weighted by Gasteiger charge is 2.52. The minimum absolute atomic E-state index is 0.126. The summed E-state index contributed by atoms with van der Waals surface area (Å²) in [5.41, 5.74) is -0.581. The van der Waals surface area contributed by atoms with Gasteiger partial charge in [0.1, 0.15) is 0 Å². The molecular formula is C10H18BNO2. The Labute approximate surface area is 86.5 Å². The van der Waals surface area contributed by atoms with Gasteiger partial charge in [0, 0.05) is 12.2 Å². The van der Waals surface area contributed by atoms with Gasteiger partial charge in [-0.3, -0.25) is 0 Å². The van der Waals surface area contributed by atoms with Crippen molar-refractivity contribution in [2.75, 3.05) is 0 Å². The second-order valence-electron chi connectivity index (χ2n) is 4.96. The fourth-order valence-electron chi connectivity index (χ4n) is 1.36. The molecule has 1 aliphatic rings. The van der Waals surface area contributed by atoms with Crippen LogP contribution in [0.1, 0.15) is 41.0 Å². The van der Waals surface area contributed by atoms with Gasteiger partial charge in [0.15, 0.2) is 0 Å². The summed E-state index contributed by atoms with van der Waals surface area (Å²) >= 11 is 0. The van der Waals surface area contributed by atoms with Crippen molar-refractivity contribution >= 4 is 7.12 Å². The zero-order chi connectivity index (χ0) is 11.0. The van der Waals surface area contributed by atoms with E-state index in [0.717, 1.165) is 0 Å². The van der Waals surface area contributed by atoms with Gasteiger partial charge < -0.3 is 9.31 Å². The Bertz CT molecular complexity index is 241. The molecule has 14 heavy (non-hydrogen) atoms. The molecule has 4 heteroatoms. The zero-order valence-electron chi connectivity index (χ0n) is 9.63. The highest BCUT2D eigenvalue weighted by Crippen LogP contribution is 2.40. The summed E-state index contributed by atoms with van der Waals surface area (Å²) in [7, 11) is -0.250. The molecule has 78 valence electrons. The molecule has 1 heterocycles. The van der Waals surface area contributed by atoms with E-state index in [4.69, 9.17) is 14.6 Å². The van der Waals surface area contributed by atoms with Crippen LogP contribution in [0.5, 0.6) is 0 Å². The lowest BCUT2D eigenvalue weighted by Crippen LogP contribution is -2.41. The van der Waals surface area contributed by atoms with Gasteiger partial charge in [-0.25, -0.2) is 0 Å². The van der Waals surface area contributed by atoms with Crippen molar-refractivity contribution in [3.05, 3.63) is 0 Å². The standard InChI is InChI=1S/C10H18BNO2/c1-8(6-7-12)11-13-9(2,3)10(4,5)14-11/h8H,6H2,1-5H3. The Morgan fingerprint density at radius 3 is 2.00 bits per heavy atom. The van der Waals surface area contributed by atoms with Crippen LogP contribution in [-0.2, 0) is 9.31 Å². The SMILES string of the molecule is CC(CC#N)B1OC(C)(C)C(C)(C)O1. The van der Waals surface area contributed by atoms with E-state index in [1.54, 1.807) is 0 Å². The summed E-state index contributed by atoms with van der Waals surface area (Å²) in [6.45, 7) is 10.1. The average Bonchev–Trinajstić information content (AvgIpc) is 2.22. The zero-order valence-corrected chi connectivity index (χ0v) is 9.63. The Hall–Kier alpha value is -0.525. The minimum atomic E-state index is -0.290. The lowest BCUT2D eigenvalue weighted by molar-refractivity contribution is 0.00578. The van der Waals surface area contributed by atoms with E-state index < -0.39 is 0 Å². The first-order chi connectivity index (χ1) is 6.30. The van der Waals surface area contributed by atoms with E-state index in [-0.39, 0.29) is 24.1 Å². The van der Waals surface area contributed by atoms with Crippen molar-refractivity contribution < 1.29 is 9.31 Å². The molecule has 0 aliphatic carbocycles. The number of nitriles is 1. The fourth-order valence-corrected chi connectivity index (χ4v) is 1.36. The third kappa shape index (κ3) is 1.94. The lowest BCUT2D eigenvalue weighted by atomic mass is 9.71. The van der Waals surface area contributed by atoms with Crippen molar-refractivity contribution in [3.8, 4) is 6.07 Å². The quantitative estimate of drug-likeness (QED) is 0.635. The van der Waals surface area contributed by atoms with Gasteiger partial charge in [0.2, 0.25) is 0 Å². The molecule has 0 bridgehead atoms. The molecule has 0 aromatic heterocycles. The average molecular weight is 195 g/mol. The maximum Gasteiger partial charge on any atom is 0.461 e. The van der Waals surface area contributed by atoms with E-state index in [0.29, 0.717) is 6.42 Å². The van der Waals surface area contributed by atoms with E-state index in [1.807, 2.05) is 34.6 Å². The molecule has 1 atom stereocenters. The van der Waals surface area contributed by atoms with Crippen molar-refractivity contribution in [1.29, 1.82) is 5.26 Å². The molecule has 1 saturated heterocycles. The largest absolute Gasteiger partial charge is 0.461 e. The fraction of sp³-hybridized carbons (Fsp3) is 0.900. The summed E-state index contributed by atoms with van der Waals surface area (Å²) in [5, 5.41) is 8.60. The number of rotatable bonds is 2. The molecule has 1 unspecified atom stereocenters.